The number of amides is 1. The van der Waals surface area contributed by atoms with Gasteiger partial charge in [0.05, 0.1) is 0 Å². The predicted octanol–water partition coefficient (Wildman–Crippen LogP) is 3.55. The lowest BCUT2D eigenvalue weighted by Crippen LogP contribution is -2.27. The summed E-state index contributed by atoms with van der Waals surface area (Å²) in [6.07, 6.45) is 1.86. The average molecular weight is 350 g/mol. The minimum Gasteiger partial charge on any atom is -0.370 e. The second-order valence-electron chi connectivity index (χ2n) is 5.76. The lowest BCUT2D eigenvalue weighted by atomic mass is 10.1. The fraction of sp³-hybridized carbons (Fsp3) is 0.150. The maximum Gasteiger partial charge on any atom is 0.276 e. The Morgan fingerprint density at radius 2 is 1.81 bits per heavy atom. The number of nitrogens with zero attached hydrogens (tertiary/aromatic N) is 3. The smallest absolute Gasteiger partial charge is 0.276 e. The molecule has 0 unspecified atom stereocenters. The largest absolute Gasteiger partial charge is 0.370 e. The number of para-hydroxylation sites is 1. The standard InChI is InChI=1S/C20H19FN4O/c1-25(16-8-3-2-4-9-16)20(26)18-13-19(24-14-23-18)22-12-11-15-7-5-6-10-17(15)21/h2-10,13-14H,11-12H2,1H3,(H,22,23,24). The highest BCUT2D eigenvalue weighted by Crippen LogP contribution is 2.15. The summed E-state index contributed by atoms with van der Waals surface area (Å²) in [7, 11) is 1.70. The minimum absolute atomic E-state index is 0.225. The van der Waals surface area contributed by atoms with Crippen molar-refractivity contribution in [3.63, 3.8) is 0 Å². The average Bonchev–Trinajstić information content (AvgIpc) is 2.69. The number of anilines is 2. The lowest BCUT2D eigenvalue weighted by molar-refractivity contribution is 0.0988. The number of carbonyl (C=O) groups is 1. The highest BCUT2D eigenvalue weighted by atomic mass is 19.1. The first-order chi connectivity index (χ1) is 12.6. The fourth-order valence-electron chi connectivity index (χ4n) is 2.54. The molecule has 1 amide bonds. The fourth-order valence-corrected chi connectivity index (χ4v) is 2.54. The van der Waals surface area contributed by atoms with Crippen LogP contribution in [0.25, 0.3) is 0 Å². The van der Waals surface area contributed by atoms with Crippen LogP contribution >= 0.6 is 0 Å². The lowest BCUT2D eigenvalue weighted by Gasteiger charge is -2.17. The molecule has 0 aliphatic heterocycles. The Bertz CT molecular complexity index is 886. The van der Waals surface area contributed by atoms with E-state index in [1.807, 2.05) is 30.3 Å². The normalized spacial score (nSPS) is 10.4. The second kappa shape index (κ2) is 8.20. The maximum atomic E-state index is 13.6. The molecule has 0 bridgehead atoms. The van der Waals surface area contributed by atoms with Gasteiger partial charge in [-0.1, -0.05) is 36.4 Å². The van der Waals surface area contributed by atoms with Crippen molar-refractivity contribution in [1.29, 1.82) is 0 Å². The topological polar surface area (TPSA) is 58.1 Å². The molecule has 0 atom stereocenters. The molecule has 2 aromatic carbocycles. The van der Waals surface area contributed by atoms with Crippen LogP contribution in [0.4, 0.5) is 15.9 Å². The van der Waals surface area contributed by atoms with E-state index >= 15 is 0 Å². The monoisotopic (exact) mass is 350 g/mol. The number of aromatic nitrogens is 2. The molecule has 0 spiro atoms. The van der Waals surface area contributed by atoms with Crippen molar-refractivity contribution in [1.82, 2.24) is 9.97 Å². The molecular weight excluding hydrogens is 331 g/mol. The number of hydrogen-bond donors (Lipinski definition) is 1. The van der Waals surface area contributed by atoms with Crippen LogP contribution in [0, 0.1) is 5.82 Å². The van der Waals surface area contributed by atoms with Crippen LogP contribution in [0.5, 0.6) is 0 Å². The van der Waals surface area contributed by atoms with Gasteiger partial charge < -0.3 is 10.2 Å². The molecule has 0 radical (unpaired) electrons. The van der Waals surface area contributed by atoms with Crippen molar-refractivity contribution in [2.24, 2.45) is 0 Å². The Morgan fingerprint density at radius 1 is 1.08 bits per heavy atom. The summed E-state index contributed by atoms with van der Waals surface area (Å²) < 4.78 is 13.6. The molecule has 132 valence electrons. The van der Waals surface area contributed by atoms with Gasteiger partial charge in [0.1, 0.15) is 23.7 Å². The summed E-state index contributed by atoms with van der Waals surface area (Å²) >= 11 is 0. The highest BCUT2D eigenvalue weighted by Gasteiger charge is 2.15. The highest BCUT2D eigenvalue weighted by molar-refractivity contribution is 6.04. The SMILES string of the molecule is CN(C(=O)c1cc(NCCc2ccccc2F)ncn1)c1ccccc1. The predicted molar refractivity (Wildman–Crippen MR) is 99.8 cm³/mol. The van der Waals surface area contributed by atoms with Gasteiger partial charge in [0.25, 0.3) is 5.91 Å². The van der Waals surface area contributed by atoms with Gasteiger partial charge in [-0.25, -0.2) is 14.4 Å². The van der Waals surface area contributed by atoms with Crippen LogP contribution in [0.15, 0.2) is 67.0 Å². The van der Waals surface area contributed by atoms with E-state index in [-0.39, 0.29) is 11.7 Å². The van der Waals surface area contributed by atoms with Gasteiger partial charge in [-0.3, -0.25) is 4.79 Å². The third kappa shape index (κ3) is 4.22. The first-order valence-corrected chi connectivity index (χ1v) is 8.27. The van der Waals surface area contributed by atoms with Crippen LogP contribution in [-0.4, -0.2) is 29.5 Å². The molecule has 3 aromatic rings. The van der Waals surface area contributed by atoms with Gasteiger partial charge in [0, 0.05) is 25.3 Å². The summed E-state index contributed by atoms with van der Waals surface area (Å²) in [4.78, 5) is 22.3. The third-order valence-corrected chi connectivity index (χ3v) is 3.99. The van der Waals surface area contributed by atoms with Crippen LogP contribution in [0.3, 0.4) is 0 Å². The van der Waals surface area contributed by atoms with Crippen LogP contribution in [0.2, 0.25) is 0 Å². The summed E-state index contributed by atoms with van der Waals surface area (Å²) in [5.41, 5.74) is 1.71. The van der Waals surface area contributed by atoms with E-state index in [0.717, 1.165) is 5.69 Å². The number of carbonyl (C=O) groups excluding carboxylic acids is 1. The van der Waals surface area contributed by atoms with E-state index < -0.39 is 0 Å². The van der Waals surface area contributed by atoms with Crippen molar-refractivity contribution in [2.75, 3.05) is 23.8 Å². The molecule has 0 aliphatic carbocycles. The molecule has 3 rings (SSSR count). The number of rotatable bonds is 6. The first-order valence-electron chi connectivity index (χ1n) is 8.27. The molecule has 0 saturated heterocycles. The molecule has 1 aromatic heterocycles. The molecule has 5 nitrogen and oxygen atoms in total. The summed E-state index contributed by atoms with van der Waals surface area (Å²) in [5.74, 6) is 0.0780. The molecule has 0 fully saturated rings. The van der Waals surface area contributed by atoms with Crippen LogP contribution in [0.1, 0.15) is 16.1 Å². The van der Waals surface area contributed by atoms with Crippen molar-refractivity contribution in [3.05, 3.63) is 84.1 Å². The van der Waals surface area contributed by atoms with Gasteiger partial charge in [-0.2, -0.15) is 0 Å². The number of halogens is 1. The summed E-state index contributed by atoms with van der Waals surface area (Å²) in [5, 5.41) is 3.11. The third-order valence-electron chi connectivity index (χ3n) is 3.99. The number of hydrogen-bond acceptors (Lipinski definition) is 4. The molecule has 0 aliphatic rings. The van der Waals surface area contributed by atoms with E-state index in [2.05, 4.69) is 15.3 Å². The Kier molecular flexibility index (Phi) is 5.53. The van der Waals surface area contributed by atoms with Crippen molar-refractivity contribution >= 4 is 17.4 Å². The quantitative estimate of drug-likeness (QED) is 0.739. The number of benzene rings is 2. The van der Waals surface area contributed by atoms with Crippen LogP contribution < -0.4 is 10.2 Å². The molecular formula is C20H19FN4O. The van der Waals surface area contributed by atoms with E-state index in [1.165, 1.54) is 17.3 Å². The van der Waals surface area contributed by atoms with Crippen molar-refractivity contribution < 1.29 is 9.18 Å². The molecule has 1 N–H and O–H groups in total. The first kappa shape index (κ1) is 17.5. The molecule has 1 heterocycles. The minimum atomic E-state index is -0.226. The van der Waals surface area contributed by atoms with Crippen molar-refractivity contribution in [2.45, 2.75) is 6.42 Å². The van der Waals surface area contributed by atoms with E-state index in [0.29, 0.717) is 30.0 Å². The second-order valence-corrected chi connectivity index (χ2v) is 5.76. The Hall–Kier alpha value is -3.28. The molecule has 26 heavy (non-hydrogen) atoms. The zero-order valence-corrected chi connectivity index (χ0v) is 14.4. The van der Waals surface area contributed by atoms with Gasteiger partial charge in [-0.15, -0.1) is 0 Å². The van der Waals surface area contributed by atoms with Crippen molar-refractivity contribution in [3.8, 4) is 0 Å². The van der Waals surface area contributed by atoms with Crippen LogP contribution in [-0.2, 0) is 6.42 Å². The Labute approximate surface area is 151 Å². The Balaban J connectivity index is 1.64. The van der Waals surface area contributed by atoms with E-state index in [4.69, 9.17) is 0 Å². The van der Waals surface area contributed by atoms with Gasteiger partial charge in [-0.05, 0) is 30.2 Å². The Morgan fingerprint density at radius 3 is 2.58 bits per heavy atom. The zero-order chi connectivity index (χ0) is 18.4. The molecule has 6 heteroatoms. The van der Waals surface area contributed by atoms with Gasteiger partial charge >= 0.3 is 0 Å². The van der Waals surface area contributed by atoms with E-state index in [1.54, 1.807) is 31.3 Å². The summed E-state index contributed by atoms with van der Waals surface area (Å²) in [6, 6.07) is 17.6. The maximum absolute atomic E-state index is 13.6. The zero-order valence-electron chi connectivity index (χ0n) is 14.4. The van der Waals surface area contributed by atoms with Gasteiger partial charge in [0.15, 0.2) is 0 Å². The van der Waals surface area contributed by atoms with Gasteiger partial charge in [0.2, 0.25) is 0 Å². The summed E-state index contributed by atoms with van der Waals surface area (Å²) in [6.45, 7) is 0.500. The molecule has 0 saturated carbocycles. The van der Waals surface area contributed by atoms with E-state index in [9.17, 15) is 9.18 Å². The number of nitrogens with one attached hydrogen (secondary N) is 1.